The minimum atomic E-state index is 0.131. The number of hydrogen-bond donors (Lipinski definition) is 2. The third-order valence-electron chi connectivity index (χ3n) is 3.13. The van der Waals surface area contributed by atoms with E-state index >= 15 is 0 Å². The van der Waals surface area contributed by atoms with Crippen LogP contribution in [0.2, 0.25) is 0 Å². The minimum Gasteiger partial charge on any atom is -0.310 e. The van der Waals surface area contributed by atoms with E-state index in [2.05, 4.69) is 27.8 Å². The number of nitrogens with zero attached hydrogens (tertiary/aromatic N) is 1. The van der Waals surface area contributed by atoms with E-state index in [-0.39, 0.29) is 5.54 Å². The summed E-state index contributed by atoms with van der Waals surface area (Å²) < 4.78 is 0. The lowest BCUT2D eigenvalue weighted by atomic mass is 9.95. The molecule has 1 aromatic rings. The monoisotopic (exact) mass is 175 g/mol. The third kappa shape index (κ3) is 1.01. The van der Waals surface area contributed by atoms with Gasteiger partial charge in [-0.05, 0) is 18.6 Å². The molecule has 0 spiro atoms. The van der Waals surface area contributed by atoms with Gasteiger partial charge in [0.15, 0.2) is 0 Å². The standard InChI is InChI=1S/C10H13N3/c1-2-4-11-9(3-1)10-5-8(6-13-10)12-7-10/h1-4,8,12-13H,5-7H2. The first-order valence-electron chi connectivity index (χ1n) is 4.79. The summed E-state index contributed by atoms with van der Waals surface area (Å²) in [7, 11) is 0. The zero-order valence-corrected chi connectivity index (χ0v) is 7.46. The van der Waals surface area contributed by atoms with Gasteiger partial charge in [0, 0.05) is 25.3 Å². The van der Waals surface area contributed by atoms with E-state index in [0.717, 1.165) is 13.1 Å². The Hall–Kier alpha value is -0.930. The molecule has 68 valence electrons. The summed E-state index contributed by atoms with van der Waals surface area (Å²) in [4.78, 5) is 4.43. The van der Waals surface area contributed by atoms with E-state index in [1.54, 1.807) is 0 Å². The molecule has 2 aliphatic heterocycles. The van der Waals surface area contributed by atoms with Gasteiger partial charge in [0.2, 0.25) is 0 Å². The summed E-state index contributed by atoms with van der Waals surface area (Å²) in [5, 5.41) is 7.05. The number of piperazine rings is 1. The van der Waals surface area contributed by atoms with Crippen molar-refractivity contribution >= 4 is 0 Å². The van der Waals surface area contributed by atoms with Crippen LogP contribution in [0, 0.1) is 0 Å². The van der Waals surface area contributed by atoms with Crippen molar-refractivity contribution in [3.8, 4) is 0 Å². The molecular formula is C10H13N3. The molecular weight excluding hydrogens is 162 g/mol. The van der Waals surface area contributed by atoms with Crippen LogP contribution in [-0.4, -0.2) is 24.1 Å². The Morgan fingerprint density at radius 1 is 1.46 bits per heavy atom. The topological polar surface area (TPSA) is 37.0 Å². The van der Waals surface area contributed by atoms with Gasteiger partial charge in [0.05, 0.1) is 11.2 Å². The van der Waals surface area contributed by atoms with Gasteiger partial charge in [-0.3, -0.25) is 4.98 Å². The van der Waals surface area contributed by atoms with Gasteiger partial charge >= 0.3 is 0 Å². The second kappa shape index (κ2) is 2.53. The van der Waals surface area contributed by atoms with Gasteiger partial charge in [0.25, 0.3) is 0 Å². The summed E-state index contributed by atoms with van der Waals surface area (Å²) >= 11 is 0. The van der Waals surface area contributed by atoms with Crippen LogP contribution in [0.25, 0.3) is 0 Å². The maximum atomic E-state index is 4.43. The number of pyridine rings is 1. The van der Waals surface area contributed by atoms with Gasteiger partial charge in [-0.1, -0.05) is 6.07 Å². The van der Waals surface area contributed by atoms with Crippen LogP contribution in [0.1, 0.15) is 12.1 Å². The normalized spacial score (nSPS) is 36.8. The van der Waals surface area contributed by atoms with Crippen LogP contribution in [0.5, 0.6) is 0 Å². The van der Waals surface area contributed by atoms with Gasteiger partial charge in [0.1, 0.15) is 0 Å². The van der Waals surface area contributed by atoms with Crippen molar-refractivity contribution in [2.45, 2.75) is 18.0 Å². The van der Waals surface area contributed by atoms with Crippen molar-refractivity contribution in [1.82, 2.24) is 15.6 Å². The highest BCUT2D eigenvalue weighted by Crippen LogP contribution is 2.33. The average Bonchev–Trinajstić information content (AvgIpc) is 2.80. The van der Waals surface area contributed by atoms with Gasteiger partial charge in [-0.15, -0.1) is 0 Å². The molecule has 2 atom stereocenters. The highest BCUT2D eigenvalue weighted by Gasteiger charge is 2.46. The lowest BCUT2D eigenvalue weighted by molar-refractivity contribution is 0.382. The second-order valence-corrected chi connectivity index (χ2v) is 3.96. The Kier molecular flexibility index (Phi) is 1.45. The lowest BCUT2D eigenvalue weighted by Crippen LogP contribution is -2.47. The largest absolute Gasteiger partial charge is 0.310 e. The molecule has 3 heteroatoms. The highest BCUT2D eigenvalue weighted by molar-refractivity contribution is 5.23. The van der Waals surface area contributed by atoms with Gasteiger partial charge in [-0.2, -0.15) is 0 Å². The Morgan fingerprint density at radius 3 is 3.00 bits per heavy atom. The molecule has 3 heterocycles. The first-order chi connectivity index (χ1) is 6.39. The Labute approximate surface area is 77.6 Å². The van der Waals surface area contributed by atoms with Crippen molar-refractivity contribution in [3.05, 3.63) is 30.1 Å². The molecule has 2 aliphatic rings. The fraction of sp³-hybridized carbons (Fsp3) is 0.500. The molecule has 0 amide bonds. The molecule has 1 aromatic heterocycles. The van der Waals surface area contributed by atoms with Gasteiger partial charge in [-0.25, -0.2) is 0 Å². The molecule has 3 nitrogen and oxygen atoms in total. The van der Waals surface area contributed by atoms with Crippen LogP contribution in [0.3, 0.4) is 0 Å². The number of nitrogens with one attached hydrogen (secondary N) is 2. The van der Waals surface area contributed by atoms with E-state index in [4.69, 9.17) is 0 Å². The van der Waals surface area contributed by atoms with Crippen LogP contribution in [0.4, 0.5) is 0 Å². The molecule has 2 N–H and O–H groups in total. The Bertz CT molecular complexity index is 301. The predicted molar refractivity (Wildman–Crippen MR) is 50.3 cm³/mol. The van der Waals surface area contributed by atoms with Crippen LogP contribution >= 0.6 is 0 Å². The molecule has 0 radical (unpaired) electrons. The van der Waals surface area contributed by atoms with E-state index in [1.165, 1.54) is 12.1 Å². The fourth-order valence-electron chi connectivity index (χ4n) is 2.41. The number of aromatic nitrogens is 1. The van der Waals surface area contributed by atoms with E-state index < -0.39 is 0 Å². The second-order valence-electron chi connectivity index (χ2n) is 3.96. The Morgan fingerprint density at radius 2 is 2.46 bits per heavy atom. The molecule has 2 unspecified atom stereocenters. The zero-order chi connectivity index (χ0) is 8.73. The summed E-state index contributed by atoms with van der Waals surface area (Å²) in [6.45, 7) is 2.10. The molecule has 2 fully saturated rings. The van der Waals surface area contributed by atoms with E-state index in [1.807, 2.05) is 12.3 Å². The zero-order valence-electron chi connectivity index (χ0n) is 7.46. The first-order valence-corrected chi connectivity index (χ1v) is 4.79. The molecule has 0 saturated carbocycles. The molecule has 13 heavy (non-hydrogen) atoms. The number of rotatable bonds is 1. The fourth-order valence-corrected chi connectivity index (χ4v) is 2.41. The quantitative estimate of drug-likeness (QED) is 0.642. The summed E-state index contributed by atoms with van der Waals surface area (Å²) in [6, 6.07) is 6.80. The van der Waals surface area contributed by atoms with Gasteiger partial charge < -0.3 is 10.6 Å². The molecule has 2 saturated heterocycles. The van der Waals surface area contributed by atoms with Crippen molar-refractivity contribution < 1.29 is 0 Å². The van der Waals surface area contributed by atoms with Crippen LogP contribution in [-0.2, 0) is 5.54 Å². The maximum absolute atomic E-state index is 4.43. The summed E-state index contributed by atoms with van der Waals surface area (Å²) in [5.41, 5.74) is 1.31. The van der Waals surface area contributed by atoms with Crippen LogP contribution < -0.4 is 10.6 Å². The first kappa shape index (κ1) is 7.47. The summed E-state index contributed by atoms with van der Waals surface area (Å²) in [6.07, 6.45) is 3.06. The van der Waals surface area contributed by atoms with Crippen LogP contribution in [0.15, 0.2) is 24.4 Å². The van der Waals surface area contributed by atoms with Crippen molar-refractivity contribution in [3.63, 3.8) is 0 Å². The summed E-state index contributed by atoms with van der Waals surface area (Å²) in [5.74, 6) is 0. The average molecular weight is 175 g/mol. The maximum Gasteiger partial charge on any atom is 0.0750 e. The SMILES string of the molecule is c1ccc(C23CNC(CN2)C3)nc1. The van der Waals surface area contributed by atoms with Crippen molar-refractivity contribution in [2.24, 2.45) is 0 Å². The molecule has 2 bridgehead atoms. The van der Waals surface area contributed by atoms with E-state index in [9.17, 15) is 0 Å². The lowest BCUT2D eigenvalue weighted by Gasteiger charge is -2.26. The molecule has 3 rings (SSSR count). The highest BCUT2D eigenvalue weighted by atomic mass is 15.2. The van der Waals surface area contributed by atoms with Crippen molar-refractivity contribution in [2.75, 3.05) is 13.1 Å². The smallest absolute Gasteiger partial charge is 0.0750 e. The van der Waals surface area contributed by atoms with E-state index in [0.29, 0.717) is 6.04 Å². The molecule has 0 aliphatic carbocycles. The number of fused-ring (bicyclic) bond motifs is 2. The Balaban J connectivity index is 2.00. The molecule has 0 aromatic carbocycles. The predicted octanol–water partition coefficient (Wildman–Crippen LogP) is 0.242. The minimum absolute atomic E-state index is 0.131. The third-order valence-corrected chi connectivity index (χ3v) is 3.13. The number of hydrogen-bond acceptors (Lipinski definition) is 3. The van der Waals surface area contributed by atoms with Crippen molar-refractivity contribution in [1.29, 1.82) is 0 Å².